The van der Waals surface area contributed by atoms with E-state index in [0.29, 0.717) is 5.69 Å². The van der Waals surface area contributed by atoms with Gasteiger partial charge in [0.25, 0.3) is 0 Å². The lowest BCUT2D eigenvalue weighted by molar-refractivity contribution is -0.136. The van der Waals surface area contributed by atoms with Crippen LogP contribution in [-0.4, -0.2) is 16.1 Å². The van der Waals surface area contributed by atoms with Crippen LogP contribution in [0.4, 0.5) is 0 Å². The summed E-state index contributed by atoms with van der Waals surface area (Å²) in [5.74, 6) is -0.842. The Morgan fingerprint density at radius 3 is 2.39 bits per heavy atom. The second-order valence-electron chi connectivity index (χ2n) is 7.45. The van der Waals surface area contributed by atoms with Crippen molar-refractivity contribution in [3.8, 4) is 0 Å². The molecule has 0 fully saturated rings. The van der Waals surface area contributed by atoms with Crippen molar-refractivity contribution in [2.45, 2.75) is 24.7 Å². The highest BCUT2D eigenvalue weighted by Gasteiger charge is 2.43. The number of aliphatic carboxylic acids is 1. The van der Waals surface area contributed by atoms with E-state index in [4.69, 9.17) is 4.98 Å². The van der Waals surface area contributed by atoms with Gasteiger partial charge < -0.3 is 5.11 Å². The van der Waals surface area contributed by atoms with E-state index in [9.17, 15) is 9.90 Å². The Morgan fingerprint density at radius 1 is 0.964 bits per heavy atom. The van der Waals surface area contributed by atoms with Gasteiger partial charge in [-0.1, -0.05) is 66.7 Å². The second-order valence-corrected chi connectivity index (χ2v) is 8.30. The number of aromatic nitrogens is 1. The first kappa shape index (κ1) is 17.1. The summed E-state index contributed by atoms with van der Waals surface area (Å²) in [6.07, 6.45) is 1.74. The normalized spacial score (nSPS) is 14.9. The first-order valence-corrected chi connectivity index (χ1v) is 10.3. The molecule has 3 aromatic carbocycles. The summed E-state index contributed by atoms with van der Waals surface area (Å²) in [6.45, 7) is 0. The average Bonchev–Trinajstić information content (AvgIpc) is 3.32. The van der Waals surface area contributed by atoms with Gasteiger partial charge in [0.1, 0.15) is 5.01 Å². The Kier molecular flexibility index (Phi) is 4.02. The number of carboxylic acids is 1. The highest BCUT2D eigenvalue weighted by Crippen LogP contribution is 2.47. The van der Waals surface area contributed by atoms with Gasteiger partial charge in [-0.15, -0.1) is 11.3 Å². The van der Waals surface area contributed by atoms with Crippen LogP contribution in [0.25, 0.3) is 10.8 Å². The molecule has 4 heteroatoms. The van der Waals surface area contributed by atoms with Crippen molar-refractivity contribution in [3.63, 3.8) is 0 Å². The SMILES string of the molecule is O=C(O)Cc1csc(C2(c3cccc4ccccc34)Cc3ccccc3C2)n1. The Labute approximate surface area is 167 Å². The maximum Gasteiger partial charge on any atom is 0.309 e. The van der Waals surface area contributed by atoms with Crippen LogP contribution in [0.15, 0.2) is 72.1 Å². The van der Waals surface area contributed by atoms with Crippen molar-refractivity contribution in [2.75, 3.05) is 0 Å². The van der Waals surface area contributed by atoms with Gasteiger partial charge in [0.15, 0.2) is 0 Å². The number of fused-ring (bicyclic) bond motifs is 2. The number of nitrogens with zero attached hydrogens (tertiary/aromatic N) is 1. The van der Waals surface area contributed by atoms with Gasteiger partial charge in [-0.3, -0.25) is 4.79 Å². The summed E-state index contributed by atoms with van der Waals surface area (Å²) in [6, 6.07) is 23.5. The summed E-state index contributed by atoms with van der Waals surface area (Å²) in [4.78, 5) is 16.0. The Balaban J connectivity index is 1.73. The Bertz CT molecular complexity index is 1160. The fraction of sp³-hybridized carbons (Fsp3) is 0.167. The highest BCUT2D eigenvalue weighted by molar-refractivity contribution is 7.09. The standard InChI is InChI=1S/C24H19NO2S/c26-22(27)12-19-15-28-23(25-19)24(13-17-7-1-2-8-18(17)14-24)21-11-5-9-16-6-3-4-10-20(16)21/h1-11,15H,12-14H2,(H,26,27). The zero-order valence-corrected chi connectivity index (χ0v) is 16.1. The molecule has 138 valence electrons. The Morgan fingerprint density at radius 2 is 1.64 bits per heavy atom. The van der Waals surface area contributed by atoms with Crippen LogP contribution in [0.2, 0.25) is 0 Å². The van der Waals surface area contributed by atoms with Gasteiger partial charge in [-0.2, -0.15) is 0 Å². The van der Waals surface area contributed by atoms with E-state index < -0.39 is 5.97 Å². The van der Waals surface area contributed by atoms with E-state index in [2.05, 4.69) is 66.7 Å². The number of carboxylic acid groups (broad SMARTS) is 1. The molecule has 0 bridgehead atoms. The van der Waals surface area contributed by atoms with Gasteiger partial charge in [-0.05, 0) is 40.3 Å². The van der Waals surface area contributed by atoms with E-state index in [-0.39, 0.29) is 11.8 Å². The number of carbonyl (C=O) groups is 1. The summed E-state index contributed by atoms with van der Waals surface area (Å²) < 4.78 is 0. The molecule has 1 heterocycles. The molecule has 0 unspecified atom stereocenters. The first-order chi connectivity index (χ1) is 13.7. The van der Waals surface area contributed by atoms with E-state index in [1.54, 1.807) is 11.3 Å². The molecule has 3 nitrogen and oxygen atoms in total. The average molecular weight is 385 g/mol. The van der Waals surface area contributed by atoms with Gasteiger partial charge in [0, 0.05) is 5.38 Å². The van der Waals surface area contributed by atoms with Crippen LogP contribution in [0.5, 0.6) is 0 Å². The summed E-state index contributed by atoms with van der Waals surface area (Å²) in [5, 5.41) is 14.5. The topological polar surface area (TPSA) is 50.2 Å². The molecular formula is C24H19NO2S. The fourth-order valence-corrected chi connectivity index (χ4v) is 5.51. The first-order valence-electron chi connectivity index (χ1n) is 9.37. The molecule has 1 aliphatic carbocycles. The summed E-state index contributed by atoms with van der Waals surface area (Å²) >= 11 is 1.59. The third-order valence-electron chi connectivity index (χ3n) is 5.70. The van der Waals surface area contributed by atoms with E-state index >= 15 is 0 Å². The van der Waals surface area contributed by atoms with Gasteiger partial charge in [-0.25, -0.2) is 4.98 Å². The van der Waals surface area contributed by atoms with Gasteiger partial charge in [0.05, 0.1) is 17.5 Å². The third-order valence-corrected chi connectivity index (χ3v) is 6.80. The molecule has 1 aromatic heterocycles. The lowest BCUT2D eigenvalue weighted by atomic mass is 9.76. The lowest BCUT2D eigenvalue weighted by Crippen LogP contribution is -2.29. The van der Waals surface area contributed by atoms with Gasteiger partial charge in [0.2, 0.25) is 0 Å². The van der Waals surface area contributed by atoms with E-state index in [1.807, 2.05) is 5.38 Å². The summed E-state index contributed by atoms with van der Waals surface area (Å²) in [7, 11) is 0. The molecule has 28 heavy (non-hydrogen) atoms. The maximum atomic E-state index is 11.2. The highest BCUT2D eigenvalue weighted by atomic mass is 32.1. The molecule has 4 aromatic rings. The molecule has 0 spiro atoms. The van der Waals surface area contributed by atoms with E-state index in [1.165, 1.54) is 27.5 Å². The molecule has 1 aliphatic rings. The van der Waals surface area contributed by atoms with Crippen LogP contribution in [0.1, 0.15) is 27.4 Å². The number of rotatable bonds is 4. The Hall–Kier alpha value is -2.98. The number of benzene rings is 3. The molecule has 5 rings (SSSR count). The van der Waals surface area contributed by atoms with Crippen LogP contribution in [0, 0.1) is 0 Å². The van der Waals surface area contributed by atoms with Crippen molar-refractivity contribution in [1.82, 2.24) is 4.98 Å². The fourth-order valence-electron chi connectivity index (χ4n) is 4.48. The monoisotopic (exact) mass is 385 g/mol. The molecule has 0 amide bonds. The minimum atomic E-state index is -0.842. The summed E-state index contributed by atoms with van der Waals surface area (Å²) in [5.41, 5.74) is 4.36. The van der Waals surface area contributed by atoms with Crippen LogP contribution in [-0.2, 0) is 29.5 Å². The smallest absolute Gasteiger partial charge is 0.309 e. The number of hydrogen-bond acceptors (Lipinski definition) is 3. The largest absolute Gasteiger partial charge is 0.481 e. The van der Waals surface area contributed by atoms with Crippen molar-refractivity contribution >= 4 is 28.1 Å². The molecular weight excluding hydrogens is 366 g/mol. The predicted molar refractivity (Wildman–Crippen MR) is 112 cm³/mol. The van der Waals surface area contributed by atoms with Crippen LogP contribution in [0.3, 0.4) is 0 Å². The van der Waals surface area contributed by atoms with Crippen LogP contribution < -0.4 is 0 Å². The molecule has 0 aliphatic heterocycles. The minimum Gasteiger partial charge on any atom is -0.481 e. The minimum absolute atomic E-state index is 0.0327. The van der Waals surface area contributed by atoms with Crippen molar-refractivity contribution in [3.05, 3.63) is 99.5 Å². The zero-order valence-electron chi connectivity index (χ0n) is 15.3. The molecule has 0 atom stereocenters. The lowest BCUT2D eigenvalue weighted by Gasteiger charge is -2.29. The molecule has 1 N–H and O–H groups in total. The van der Waals surface area contributed by atoms with Crippen molar-refractivity contribution < 1.29 is 9.90 Å². The second kappa shape index (κ2) is 6.57. The third kappa shape index (κ3) is 2.72. The van der Waals surface area contributed by atoms with Crippen LogP contribution >= 0.6 is 11.3 Å². The van der Waals surface area contributed by atoms with Crippen molar-refractivity contribution in [1.29, 1.82) is 0 Å². The predicted octanol–water partition coefficient (Wildman–Crippen LogP) is 5.01. The molecule has 0 saturated heterocycles. The number of hydrogen-bond donors (Lipinski definition) is 1. The van der Waals surface area contributed by atoms with Crippen molar-refractivity contribution in [2.24, 2.45) is 0 Å². The van der Waals surface area contributed by atoms with Gasteiger partial charge >= 0.3 is 5.97 Å². The number of thiazole rings is 1. The van der Waals surface area contributed by atoms with E-state index in [0.717, 1.165) is 17.8 Å². The quantitative estimate of drug-likeness (QED) is 0.537. The molecule has 0 radical (unpaired) electrons. The zero-order chi connectivity index (χ0) is 19.1. The maximum absolute atomic E-state index is 11.2. The molecule has 0 saturated carbocycles.